The maximum atomic E-state index is 13.7. The van der Waals surface area contributed by atoms with Crippen molar-refractivity contribution < 1.29 is 30.4 Å². The van der Waals surface area contributed by atoms with Gasteiger partial charge >= 0.3 is 6.18 Å². The molecule has 132 valence electrons. The fraction of sp³-hybridized carbons (Fsp3) is 0.143. The Morgan fingerprint density at radius 2 is 1.84 bits per heavy atom. The van der Waals surface area contributed by atoms with Crippen molar-refractivity contribution in [1.29, 1.82) is 5.26 Å². The molecule has 0 saturated carbocycles. The van der Waals surface area contributed by atoms with Crippen LogP contribution in [0.2, 0.25) is 0 Å². The van der Waals surface area contributed by atoms with Crippen molar-refractivity contribution in [1.82, 2.24) is 9.71 Å². The second kappa shape index (κ2) is 6.73. The van der Waals surface area contributed by atoms with E-state index in [2.05, 4.69) is 4.98 Å². The average Bonchev–Trinajstić information content (AvgIpc) is 2.52. The summed E-state index contributed by atoms with van der Waals surface area (Å²) in [5, 5.41) is 8.71. The van der Waals surface area contributed by atoms with E-state index in [-0.39, 0.29) is 11.6 Å². The van der Waals surface area contributed by atoms with Gasteiger partial charge in [-0.3, -0.25) is 4.98 Å². The summed E-state index contributed by atoms with van der Waals surface area (Å²) >= 11 is 0. The fourth-order valence-electron chi connectivity index (χ4n) is 1.89. The number of nitrogens with one attached hydrogen (secondary N) is 1. The minimum atomic E-state index is -5.20. The van der Waals surface area contributed by atoms with E-state index in [1.54, 1.807) is 6.07 Å². The van der Waals surface area contributed by atoms with Crippen molar-refractivity contribution >= 4 is 10.0 Å². The van der Waals surface area contributed by atoms with Crippen LogP contribution in [0.15, 0.2) is 41.6 Å². The summed E-state index contributed by atoms with van der Waals surface area (Å²) < 4.78 is 91.9. The van der Waals surface area contributed by atoms with Gasteiger partial charge in [-0.05, 0) is 12.1 Å². The van der Waals surface area contributed by atoms with Crippen molar-refractivity contribution in [3.05, 3.63) is 59.4 Å². The first-order valence-corrected chi connectivity index (χ1v) is 7.92. The van der Waals surface area contributed by atoms with Gasteiger partial charge in [-0.15, -0.1) is 0 Å². The lowest BCUT2D eigenvalue weighted by molar-refractivity contribution is -0.153. The van der Waals surface area contributed by atoms with Crippen LogP contribution >= 0.6 is 0 Å². The number of rotatable bonds is 4. The molecule has 0 fully saturated rings. The Bertz CT molecular complexity index is 938. The molecule has 0 amide bonds. The molecule has 1 atom stereocenters. The predicted octanol–water partition coefficient (Wildman–Crippen LogP) is 2.81. The van der Waals surface area contributed by atoms with E-state index >= 15 is 0 Å². The largest absolute Gasteiger partial charge is 0.408 e. The standard InChI is InChI=1S/C14H8F5N3O2S/c15-9-1-2-11(12(16)4-9)13(14(17,18)19)22-25(23,24)10-3-8(5-20)6-21-7-10/h1-4,6-7,13,22H. The Kier molecular flexibility index (Phi) is 5.05. The monoisotopic (exact) mass is 377 g/mol. The van der Waals surface area contributed by atoms with Crippen LogP contribution < -0.4 is 4.72 Å². The lowest BCUT2D eigenvalue weighted by Gasteiger charge is -2.22. The number of hydrogen-bond acceptors (Lipinski definition) is 4. The molecule has 0 radical (unpaired) electrons. The van der Waals surface area contributed by atoms with Crippen LogP contribution in [0.1, 0.15) is 17.2 Å². The van der Waals surface area contributed by atoms with Crippen molar-refractivity contribution in [2.45, 2.75) is 17.1 Å². The van der Waals surface area contributed by atoms with E-state index in [0.717, 1.165) is 18.5 Å². The molecule has 1 aromatic heterocycles. The van der Waals surface area contributed by atoms with Crippen LogP contribution in [0.5, 0.6) is 0 Å². The first kappa shape index (κ1) is 18.8. The molecule has 0 saturated heterocycles. The van der Waals surface area contributed by atoms with Crippen LogP contribution in [0, 0.1) is 23.0 Å². The van der Waals surface area contributed by atoms with E-state index in [1.807, 2.05) is 0 Å². The summed E-state index contributed by atoms with van der Waals surface area (Å²) in [5.74, 6) is -2.68. The van der Waals surface area contributed by atoms with Crippen molar-refractivity contribution in [3.63, 3.8) is 0 Å². The highest BCUT2D eigenvalue weighted by Gasteiger charge is 2.45. The van der Waals surface area contributed by atoms with Crippen LogP contribution in [0.4, 0.5) is 22.0 Å². The van der Waals surface area contributed by atoms with E-state index < -0.39 is 44.3 Å². The number of hydrogen-bond donors (Lipinski definition) is 1. The Morgan fingerprint density at radius 3 is 2.40 bits per heavy atom. The van der Waals surface area contributed by atoms with Gasteiger partial charge < -0.3 is 0 Å². The maximum absolute atomic E-state index is 13.7. The zero-order chi connectivity index (χ0) is 18.8. The maximum Gasteiger partial charge on any atom is 0.408 e. The van der Waals surface area contributed by atoms with Gasteiger partial charge in [0.15, 0.2) is 0 Å². The Hall–Kier alpha value is -2.58. The van der Waals surface area contributed by atoms with Crippen molar-refractivity contribution in [3.8, 4) is 6.07 Å². The normalized spacial score (nSPS) is 13.3. The van der Waals surface area contributed by atoms with Crippen LogP contribution in [-0.4, -0.2) is 19.6 Å². The average molecular weight is 377 g/mol. The first-order valence-electron chi connectivity index (χ1n) is 6.44. The van der Waals surface area contributed by atoms with E-state index in [1.165, 1.54) is 4.72 Å². The van der Waals surface area contributed by atoms with Crippen LogP contribution in [0.25, 0.3) is 0 Å². The molecule has 0 spiro atoms. The van der Waals surface area contributed by atoms with Crippen LogP contribution in [-0.2, 0) is 10.0 Å². The molecule has 0 aliphatic carbocycles. The van der Waals surface area contributed by atoms with Gasteiger partial charge in [-0.1, -0.05) is 6.07 Å². The molecule has 1 heterocycles. The Labute approximate surface area is 138 Å². The quantitative estimate of drug-likeness (QED) is 0.831. The summed E-state index contributed by atoms with van der Waals surface area (Å²) in [4.78, 5) is 2.74. The second-order valence-corrected chi connectivity index (χ2v) is 6.50. The topological polar surface area (TPSA) is 82.8 Å². The molecule has 2 rings (SSSR count). The van der Waals surface area contributed by atoms with Gasteiger partial charge in [0, 0.05) is 24.0 Å². The molecule has 0 aliphatic heterocycles. The number of halogens is 5. The molecule has 1 unspecified atom stereocenters. The SMILES string of the molecule is N#Cc1cncc(S(=O)(=O)NC(c2ccc(F)cc2F)C(F)(F)F)c1. The highest BCUT2D eigenvalue weighted by Crippen LogP contribution is 2.35. The van der Waals surface area contributed by atoms with Gasteiger partial charge in [0.25, 0.3) is 0 Å². The van der Waals surface area contributed by atoms with E-state index in [0.29, 0.717) is 12.1 Å². The van der Waals surface area contributed by atoms with E-state index in [4.69, 9.17) is 5.26 Å². The van der Waals surface area contributed by atoms with Gasteiger partial charge in [-0.2, -0.15) is 23.2 Å². The second-order valence-electron chi connectivity index (χ2n) is 4.78. The molecule has 11 heteroatoms. The first-order chi connectivity index (χ1) is 11.5. The number of pyridine rings is 1. The third kappa shape index (κ3) is 4.28. The number of benzene rings is 1. The Morgan fingerprint density at radius 1 is 1.16 bits per heavy atom. The van der Waals surface area contributed by atoms with Gasteiger partial charge in [-0.25, -0.2) is 17.2 Å². The molecule has 25 heavy (non-hydrogen) atoms. The molecule has 1 N–H and O–H groups in total. The van der Waals surface area contributed by atoms with Crippen LogP contribution in [0.3, 0.4) is 0 Å². The van der Waals surface area contributed by atoms with Crippen molar-refractivity contribution in [2.75, 3.05) is 0 Å². The molecule has 0 bridgehead atoms. The fourth-order valence-corrected chi connectivity index (χ4v) is 3.08. The number of sulfonamides is 1. The summed E-state index contributed by atoms with van der Waals surface area (Å²) in [6.07, 6.45) is -3.45. The molecule has 0 aliphatic rings. The van der Waals surface area contributed by atoms with Gasteiger partial charge in [0.1, 0.15) is 28.6 Å². The molecular weight excluding hydrogens is 369 g/mol. The molecule has 2 aromatic rings. The predicted molar refractivity (Wildman–Crippen MR) is 74.4 cm³/mol. The Balaban J connectivity index is 2.48. The molecule has 1 aromatic carbocycles. The number of aromatic nitrogens is 1. The van der Waals surface area contributed by atoms with Gasteiger partial charge in [0.2, 0.25) is 10.0 Å². The summed E-state index contributed by atoms with van der Waals surface area (Å²) in [5.41, 5.74) is -1.29. The zero-order valence-corrected chi connectivity index (χ0v) is 12.9. The summed E-state index contributed by atoms with van der Waals surface area (Å²) in [6, 6.07) is 0.723. The number of nitrogens with zero attached hydrogens (tertiary/aromatic N) is 2. The van der Waals surface area contributed by atoms with E-state index in [9.17, 15) is 30.4 Å². The highest BCUT2D eigenvalue weighted by molar-refractivity contribution is 7.89. The van der Waals surface area contributed by atoms with Crippen molar-refractivity contribution in [2.24, 2.45) is 0 Å². The summed E-state index contributed by atoms with van der Waals surface area (Å²) in [7, 11) is -4.79. The minimum Gasteiger partial charge on any atom is -0.262 e. The molecule has 5 nitrogen and oxygen atoms in total. The minimum absolute atomic E-state index is 0.195. The smallest absolute Gasteiger partial charge is 0.262 e. The van der Waals surface area contributed by atoms with Gasteiger partial charge in [0.05, 0.1) is 5.56 Å². The summed E-state index contributed by atoms with van der Waals surface area (Å²) in [6.45, 7) is 0. The number of nitriles is 1. The zero-order valence-electron chi connectivity index (χ0n) is 12.1. The molecular formula is C14H8F5N3O2S. The lowest BCUT2D eigenvalue weighted by Crippen LogP contribution is -2.38. The highest BCUT2D eigenvalue weighted by atomic mass is 32.2. The third-order valence-electron chi connectivity index (χ3n) is 3.03. The lowest BCUT2D eigenvalue weighted by atomic mass is 10.1. The third-order valence-corrected chi connectivity index (χ3v) is 4.42. The number of alkyl halides is 3.